The van der Waals surface area contributed by atoms with Gasteiger partial charge in [-0.1, -0.05) is 41.6 Å². The molecule has 0 radical (unpaired) electrons. The largest absolute Gasteiger partial charge is 0.339 e. The Balaban J connectivity index is 2.57. The van der Waals surface area contributed by atoms with Crippen LogP contribution in [0.3, 0.4) is 0 Å². The van der Waals surface area contributed by atoms with Crippen LogP contribution in [0.4, 0.5) is 0 Å². The van der Waals surface area contributed by atoms with Crippen molar-refractivity contribution in [2.45, 2.75) is 58.4 Å². The van der Waals surface area contributed by atoms with Crippen LogP contribution in [0, 0.1) is 5.92 Å². The number of rotatable bonds is 4. The quantitative estimate of drug-likeness (QED) is 0.572. The lowest BCUT2D eigenvalue weighted by atomic mass is 9.98. The van der Waals surface area contributed by atoms with Crippen molar-refractivity contribution in [1.82, 2.24) is 4.90 Å². The smallest absolute Gasteiger partial charge is 0.225 e. The molecule has 16 heavy (non-hydrogen) atoms. The second-order valence-corrected chi connectivity index (χ2v) is 5.80. The van der Waals surface area contributed by atoms with Gasteiger partial charge in [0.25, 0.3) is 0 Å². The first-order chi connectivity index (χ1) is 7.66. The summed E-state index contributed by atoms with van der Waals surface area (Å²) in [5.41, 5.74) is 0. The van der Waals surface area contributed by atoms with E-state index in [-0.39, 0.29) is 0 Å². The maximum absolute atomic E-state index is 12.4. The second kappa shape index (κ2) is 7.31. The van der Waals surface area contributed by atoms with E-state index in [0.717, 1.165) is 24.7 Å². The monoisotopic (exact) mass is 289 g/mol. The SMILES string of the molecule is CC(C)N(CCBr)C(=O)C1CCCCCC1. The molecule has 94 valence electrons. The molecule has 2 nitrogen and oxygen atoms in total. The maximum Gasteiger partial charge on any atom is 0.225 e. The minimum atomic E-state index is 0.295. The third kappa shape index (κ3) is 4.08. The topological polar surface area (TPSA) is 20.3 Å². The first-order valence-electron chi connectivity index (χ1n) is 6.53. The molecule has 0 heterocycles. The Morgan fingerprint density at radius 2 is 1.81 bits per heavy atom. The van der Waals surface area contributed by atoms with E-state index in [9.17, 15) is 4.79 Å². The molecule has 3 heteroatoms. The summed E-state index contributed by atoms with van der Waals surface area (Å²) >= 11 is 3.43. The predicted octanol–water partition coefficient (Wildman–Crippen LogP) is 3.59. The Morgan fingerprint density at radius 1 is 1.25 bits per heavy atom. The molecule has 1 aliphatic carbocycles. The highest BCUT2D eigenvalue weighted by Crippen LogP contribution is 2.25. The molecule has 1 fully saturated rings. The fourth-order valence-corrected chi connectivity index (χ4v) is 2.86. The van der Waals surface area contributed by atoms with Gasteiger partial charge in [0.15, 0.2) is 0 Å². The van der Waals surface area contributed by atoms with Gasteiger partial charge in [0, 0.05) is 23.8 Å². The second-order valence-electron chi connectivity index (χ2n) is 5.00. The Bertz CT molecular complexity index is 210. The standard InChI is InChI=1S/C13H24BrNO/c1-11(2)15(10-9-14)13(16)12-7-5-3-4-6-8-12/h11-12H,3-10H2,1-2H3. The molecule has 0 atom stereocenters. The fourth-order valence-electron chi connectivity index (χ4n) is 2.47. The number of halogens is 1. The zero-order valence-corrected chi connectivity index (χ0v) is 12.1. The normalized spacial score (nSPS) is 18.5. The van der Waals surface area contributed by atoms with Crippen LogP contribution in [0.25, 0.3) is 0 Å². The highest BCUT2D eigenvalue weighted by Gasteiger charge is 2.26. The number of nitrogens with zero attached hydrogens (tertiary/aromatic N) is 1. The highest BCUT2D eigenvalue weighted by atomic mass is 79.9. The first-order valence-corrected chi connectivity index (χ1v) is 7.65. The summed E-state index contributed by atoms with van der Waals surface area (Å²) in [4.78, 5) is 14.4. The lowest BCUT2D eigenvalue weighted by molar-refractivity contribution is -0.137. The van der Waals surface area contributed by atoms with E-state index < -0.39 is 0 Å². The maximum atomic E-state index is 12.4. The lowest BCUT2D eigenvalue weighted by Crippen LogP contribution is -2.42. The molecule has 0 aromatic heterocycles. The summed E-state index contributed by atoms with van der Waals surface area (Å²) in [5.74, 6) is 0.681. The Hall–Kier alpha value is -0.0500. The van der Waals surface area contributed by atoms with Crippen molar-refractivity contribution < 1.29 is 4.79 Å². The van der Waals surface area contributed by atoms with Crippen molar-refractivity contribution in [3.05, 3.63) is 0 Å². The molecular formula is C13H24BrNO. The van der Waals surface area contributed by atoms with E-state index in [2.05, 4.69) is 29.8 Å². The molecule has 0 N–H and O–H groups in total. The summed E-state index contributed by atoms with van der Waals surface area (Å²) in [5, 5.41) is 0.879. The average Bonchev–Trinajstić information content (AvgIpc) is 2.53. The van der Waals surface area contributed by atoms with Gasteiger partial charge in [0.05, 0.1) is 0 Å². The number of hydrogen-bond acceptors (Lipinski definition) is 1. The molecular weight excluding hydrogens is 266 g/mol. The van der Waals surface area contributed by atoms with E-state index in [1.54, 1.807) is 0 Å². The molecule has 0 unspecified atom stereocenters. The molecule has 0 spiro atoms. The number of hydrogen-bond donors (Lipinski definition) is 0. The summed E-state index contributed by atoms with van der Waals surface area (Å²) in [6.45, 7) is 5.06. The third-order valence-electron chi connectivity index (χ3n) is 3.44. The number of alkyl halides is 1. The minimum Gasteiger partial charge on any atom is -0.339 e. The highest BCUT2D eigenvalue weighted by molar-refractivity contribution is 9.09. The van der Waals surface area contributed by atoms with Crippen molar-refractivity contribution >= 4 is 21.8 Å². The van der Waals surface area contributed by atoms with E-state index in [1.165, 1.54) is 25.7 Å². The molecule has 1 amide bonds. The molecule has 0 saturated heterocycles. The first kappa shape index (κ1) is 14.0. The Kier molecular flexibility index (Phi) is 6.40. The van der Waals surface area contributed by atoms with Crippen LogP contribution in [0.5, 0.6) is 0 Å². The van der Waals surface area contributed by atoms with Crippen molar-refractivity contribution in [1.29, 1.82) is 0 Å². The van der Waals surface area contributed by atoms with Crippen LogP contribution in [0.2, 0.25) is 0 Å². The number of carbonyl (C=O) groups excluding carboxylic acids is 1. The average molecular weight is 290 g/mol. The van der Waals surface area contributed by atoms with E-state index in [4.69, 9.17) is 0 Å². The summed E-state index contributed by atoms with van der Waals surface area (Å²) in [6.07, 6.45) is 7.29. The van der Waals surface area contributed by atoms with Gasteiger partial charge in [-0.2, -0.15) is 0 Å². The van der Waals surface area contributed by atoms with E-state index >= 15 is 0 Å². The Labute approximate surface area is 108 Å². The van der Waals surface area contributed by atoms with Crippen LogP contribution in [-0.4, -0.2) is 28.7 Å². The van der Waals surface area contributed by atoms with Crippen LogP contribution >= 0.6 is 15.9 Å². The molecule has 1 aliphatic rings. The van der Waals surface area contributed by atoms with Crippen LogP contribution in [-0.2, 0) is 4.79 Å². The fraction of sp³-hybridized carbons (Fsp3) is 0.923. The van der Waals surface area contributed by atoms with Crippen molar-refractivity contribution in [2.75, 3.05) is 11.9 Å². The number of carbonyl (C=O) groups is 1. The predicted molar refractivity (Wildman–Crippen MR) is 71.8 cm³/mol. The van der Waals surface area contributed by atoms with Crippen LogP contribution in [0.1, 0.15) is 52.4 Å². The number of amides is 1. The zero-order chi connectivity index (χ0) is 12.0. The van der Waals surface area contributed by atoms with E-state index in [0.29, 0.717) is 17.9 Å². The molecule has 1 rings (SSSR count). The summed E-state index contributed by atoms with van der Waals surface area (Å²) in [7, 11) is 0. The third-order valence-corrected chi connectivity index (χ3v) is 3.79. The van der Waals surface area contributed by atoms with E-state index in [1.807, 2.05) is 4.90 Å². The zero-order valence-electron chi connectivity index (χ0n) is 10.5. The Morgan fingerprint density at radius 3 is 2.25 bits per heavy atom. The van der Waals surface area contributed by atoms with Crippen LogP contribution in [0.15, 0.2) is 0 Å². The summed E-state index contributed by atoms with van der Waals surface area (Å²) < 4.78 is 0. The van der Waals surface area contributed by atoms with Gasteiger partial charge in [0.1, 0.15) is 0 Å². The van der Waals surface area contributed by atoms with Gasteiger partial charge < -0.3 is 4.90 Å². The van der Waals surface area contributed by atoms with Gasteiger partial charge in [-0.05, 0) is 26.7 Å². The van der Waals surface area contributed by atoms with Crippen molar-refractivity contribution in [3.63, 3.8) is 0 Å². The summed E-state index contributed by atoms with van der Waals surface area (Å²) in [6, 6.07) is 0.327. The lowest BCUT2D eigenvalue weighted by Gasteiger charge is -2.29. The van der Waals surface area contributed by atoms with Gasteiger partial charge in [-0.3, -0.25) is 4.79 Å². The van der Waals surface area contributed by atoms with Gasteiger partial charge >= 0.3 is 0 Å². The van der Waals surface area contributed by atoms with Crippen molar-refractivity contribution in [3.8, 4) is 0 Å². The van der Waals surface area contributed by atoms with Crippen molar-refractivity contribution in [2.24, 2.45) is 5.92 Å². The molecule has 0 aliphatic heterocycles. The molecule has 0 aromatic rings. The van der Waals surface area contributed by atoms with Gasteiger partial charge in [-0.15, -0.1) is 0 Å². The minimum absolute atomic E-state index is 0.295. The molecule has 0 bridgehead atoms. The van der Waals surface area contributed by atoms with Gasteiger partial charge in [0.2, 0.25) is 5.91 Å². The molecule has 0 aromatic carbocycles. The van der Waals surface area contributed by atoms with Gasteiger partial charge in [-0.25, -0.2) is 0 Å². The van der Waals surface area contributed by atoms with Crippen LogP contribution < -0.4 is 0 Å². The molecule has 1 saturated carbocycles.